The summed E-state index contributed by atoms with van der Waals surface area (Å²) in [5, 5.41) is 1.76. The molecule has 0 aliphatic carbocycles. The number of rotatable bonds is 6. The molecule has 3 nitrogen and oxygen atoms in total. The molecule has 148 valence electrons. The van der Waals surface area contributed by atoms with Crippen LogP contribution in [0.1, 0.15) is 49.2 Å². The van der Waals surface area contributed by atoms with Crippen molar-refractivity contribution in [2.75, 3.05) is 18.0 Å². The van der Waals surface area contributed by atoms with Gasteiger partial charge in [-0.05, 0) is 69.9 Å². The molecule has 3 aromatic rings. The topological polar surface area (TPSA) is 29.0 Å². The maximum absolute atomic E-state index is 6.60. The first kappa shape index (κ1) is 20.6. The second-order valence-corrected chi connectivity index (χ2v) is 8.09. The van der Waals surface area contributed by atoms with Crippen LogP contribution in [0.2, 0.25) is 5.02 Å². The Morgan fingerprint density at radius 3 is 2.21 bits per heavy atom. The van der Waals surface area contributed by atoms with E-state index < -0.39 is 0 Å². The first-order chi connectivity index (χ1) is 13.3. The second-order valence-electron chi connectivity index (χ2n) is 7.65. The SMILES string of the molecule is CCCCN(CC)c1nc(C)nc2c(-c3c(C)cc(C)cc3C)cc(Cl)cc12. The van der Waals surface area contributed by atoms with Gasteiger partial charge in [0, 0.05) is 29.1 Å². The van der Waals surface area contributed by atoms with Crippen molar-refractivity contribution in [2.24, 2.45) is 0 Å². The van der Waals surface area contributed by atoms with Gasteiger partial charge in [0.25, 0.3) is 0 Å². The van der Waals surface area contributed by atoms with E-state index in [2.05, 4.69) is 51.7 Å². The Bertz CT molecular complexity index is 987. The molecule has 0 radical (unpaired) electrons. The van der Waals surface area contributed by atoms with Crippen LogP contribution in [-0.4, -0.2) is 23.1 Å². The summed E-state index contributed by atoms with van der Waals surface area (Å²) in [5.41, 5.74) is 7.06. The van der Waals surface area contributed by atoms with Crippen molar-refractivity contribution in [2.45, 2.75) is 54.4 Å². The molecule has 0 atom stereocenters. The highest BCUT2D eigenvalue weighted by Crippen LogP contribution is 2.38. The summed E-state index contributed by atoms with van der Waals surface area (Å²) in [7, 11) is 0. The normalized spacial score (nSPS) is 11.2. The first-order valence-corrected chi connectivity index (χ1v) is 10.5. The maximum Gasteiger partial charge on any atom is 0.140 e. The molecule has 0 saturated carbocycles. The van der Waals surface area contributed by atoms with Crippen molar-refractivity contribution >= 4 is 28.3 Å². The van der Waals surface area contributed by atoms with Gasteiger partial charge in [0.1, 0.15) is 11.6 Å². The van der Waals surface area contributed by atoms with Crippen molar-refractivity contribution in [3.8, 4) is 11.1 Å². The zero-order valence-electron chi connectivity index (χ0n) is 17.9. The van der Waals surface area contributed by atoms with E-state index in [0.717, 1.165) is 59.1 Å². The van der Waals surface area contributed by atoms with E-state index in [0.29, 0.717) is 0 Å². The average molecular weight is 396 g/mol. The summed E-state index contributed by atoms with van der Waals surface area (Å²) >= 11 is 6.60. The number of fused-ring (bicyclic) bond motifs is 1. The summed E-state index contributed by atoms with van der Waals surface area (Å²) in [6, 6.07) is 8.52. The Morgan fingerprint density at radius 1 is 0.929 bits per heavy atom. The number of hydrogen-bond acceptors (Lipinski definition) is 3. The van der Waals surface area contributed by atoms with Gasteiger partial charge in [0.05, 0.1) is 5.52 Å². The highest BCUT2D eigenvalue weighted by atomic mass is 35.5. The van der Waals surface area contributed by atoms with Gasteiger partial charge in [-0.2, -0.15) is 0 Å². The third kappa shape index (κ3) is 4.00. The van der Waals surface area contributed by atoms with E-state index >= 15 is 0 Å². The lowest BCUT2D eigenvalue weighted by Gasteiger charge is -2.24. The number of hydrogen-bond donors (Lipinski definition) is 0. The third-order valence-corrected chi connectivity index (χ3v) is 5.48. The number of unbranched alkanes of at least 4 members (excludes halogenated alkanes) is 1. The highest BCUT2D eigenvalue weighted by molar-refractivity contribution is 6.32. The Balaban J connectivity index is 2.33. The molecule has 0 saturated heterocycles. The van der Waals surface area contributed by atoms with Crippen LogP contribution in [0, 0.1) is 27.7 Å². The molecule has 0 N–H and O–H groups in total. The van der Waals surface area contributed by atoms with Gasteiger partial charge in [-0.1, -0.05) is 42.6 Å². The molecule has 0 amide bonds. The van der Waals surface area contributed by atoms with Crippen LogP contribution < -0.4 is 4.90 Å². The lowest BCUT2D eigenvalue weighted by Crippen LogP contribution is -2.25. The predicted octanol–water partition coefficient (Wildman–Crippen LogP) is 6.81. The molecule has 3 rings (SSSR count). The molecular formula is C24H30ClN3. The van der Waals surface area contributed by atoms with E-state index in [1.54, 1.807) is 0 Å². The van der Waals surface area contributed by atoms with E-state index in [9.17, 15) is 0 Å². The van der Waals surface area contributed by atoms with Gasteiger partial charge < -0.3 is 4.90 Å². The zero-order chi connectivity index (χ0) is 20.4. The Morgan fingerprint density at radius 2 is 1.61 bits per heavy atom. The van der Waals surface area contributed by atoms with Crippen molar-refractivity contribution in [1.29, 1.82) is 0 Å². The molecule has 0 bridgehead atoms. The van der Waals surface area contributed by atoms with Gasteiger partial charge >= 0.3 is 0 Å². The third-order valence-electron chi connectivity index (χ3n) is 5.27. The Hall–Kier alpha value is -2.13. The highest BCUT2D eigenvalue weighted by Gasteiger charge is 2.18. The van der Waals surface area contributed by atoms with Gasteiger partial charge in [-0.25, -0.2) is 9.97 Å². The number of benzene rings is 2. The van der Waals surface area contributed by atoms with Crippen LogP contribution in [-0.2, 0) is 0 Å². The lowest BCUT2D eigenvalue weighted by molar-refractivity contribution is 0.724. The minimum Gasteiger partial charge on any atom is -0.356 e. The fourth-order valence-corrected chi connectivity index (χ4v) is 4.31. The average Bonchev–Trinajstić information content (AvgIpc) is 2.62. The standard InChI is InChI=1S/C24H30ClN3/c1-7-9-10-28(8-2)24-21-14-19(25)13-20(23(21)26-18(6)27-24)22-16(4)11-15(3)12-17(22)5/h11-14H,7-10H2,1-6H3. The number of halogens is 1. The van der Waals surface area contributed by atoms with E-state index in [1.165, 1.54) is 22.3 Å². The van der Waals surface area contributed by atoms with E-state index in [1.807, 2.05) is 19.1 Å². The number of nitrogens with zero attached hydrogens (tertiary/aromatic N) is 3. The van der Waals surface area contributed by atoms with Crippen LogP contribution in [0.5, 0.6) is 0 Å². The monoisotopic (exact) mass is 395 g/mol. The number of aryl methyl sites for hydroxylation is 4. The summed E-state index contributed by atoms with van der Waals surface area (Å²) in [6.45, 7) is 14.7. The minimum absolute atomic E-state index is 0.724. The Kier molecular flexibility index (Phi) is 6.24. The summed E-state index contributed by atoms with van der Waals surface area (Å²) < 4.78 is 0. The molecule has 1 heterocycles. The smallest absolute Gasteiger partial charge is 0.140 e. The van der Waals surface area contributed by atoms with Crippen LogP contribution in [0.4, 0.5) is 5.82 Å². The molecular weight excluding hydrogens is 366 g/mol. The van der Waals surface area contributed by atoms with Crippen LogP contribution >= 0.6 is 11.6 Å². The molecule has 0 fully saturated rings. The first-order valence-electron chi connectivity index (χ1n) is 10.2. The zero-order valence-corrected chi connectivity index (χ0v) is 18.6. The molecule has 0 aliphatic rings. The lowest BCUT2D eigenvalue weighted by atomic mass is 9.92. The summed E-state index contributed by atoms with van der Waals surface area (Å²) in [5.74, 6) is 1.79. The fraction of sp³-hybridized carbons (Fsp3) is 0.417. The second kappa shape index (κ2) is 8.48. The van der Waals surface area contributed by atoms with Crippen LogP contribution in [0.25, 0.3) is 22.0 Å². The quantitative estimate of drug-likeness (QED) is 0.459. The molecule has 2 aromatic carbocycles. The molecule has 1 aromatic heterocycles. The molecule has 28 heavy (non-hydrogen) atoms. The van der Waals surface area contributed by atoms with E-state index in [-0.39, 0.29) is 0 Å². The van der Waals surface area contributed by atoms with Gasteiger partial charge in [0.2, 0.25) is 0 Å². The van der Waals surface area contributed by atoms with Crippen molar-refractivity contribution in [3.63, 3.8) is 0 Å². The number of aromatic nitrogens is 2. The molecule has 0 spiro atoms. The number of anilines is 1. The van der Waals surface area contributed by atoms with Gasteiger partial charge in [-0.15, -0.1) is 0 Å². The van der Waals surface area contributed by atoms with Crippen LogP contribution in [0.15, 0.2) is 24.3 Å². The summed E-state index contributed by atoms with van der Waals surface area (Å²) in [6.07, 6.45) is 2.30. The molecule has 0 aliphatic heterocycles. The largest absolute Gasteiger partial charge is 0.356 e. The maximum atomic E-state index is 6.60. The minimum atomic E-state index is 0.724. The van der Waals surface area contributed by atoms with Gasteiger partial charge in [-0.3, -0.25) is 0 Å². The van der Waals surface area contributed by atoms with E-state index in [4.69, 9.17) is 21.6 Å². The van der Waals surface area contributed by atoms with Crippen LogP contribution in [0.3, 0.4) is 0 Å². The molecule has 0 unspecified atom stereocenters. The van der Waals surface area contributed by atoms with Gasteiger partial charge in [0.15, 0.2) is 0 Å². The van der Waals surface area contributed by atoms with Crippen molar-refractivity contribution in [1.82, 2.24) is 9.97 Å². The van der Waals surface area contributed by atoms with Crippen molar-refractivity contribution in [3.05, 3.63) is 51.8 Å². The summed E-state index contributed by atoms with van der Waals surface area (Å²) in [4.78, 5) is 12.0. The fourth-order valence-electron chi connectivity index (χ4n) is 4.09. The van der Waals surface area contributed by atoms with Crippen molar-refractivity contribution < 1.29 is 0 Å². The predicted molar refractivity (Wildman–Crippen MR) is 122 cm³/mol. The Labute approximate surface area is 173 Å². The molecule has 4 heteroatoms.